The Bertz CT molecular complexity index is 808. The number of fused-ring (bicyclic) bond motifs is 1. The minimum absolute atomic E-state index is 0.181. The number of carbonyl (C=O) groups excluding carboxylic acids is 2. The van der Waals surface area contributed by atoms with E-state index >= 15 is 0 Å². The van der Waals surface area contributed by atoms with Crippen LogP contribution in [0.25, 0.3) is 11.0 Å². The number of benzene rings is 1. The second kappa shape index (κ2) is 6.27. The number of aryl methyl sites for hydroxylation is 1. The Labute approximate surface area is 145 Å². The summed E-state index contributed by atoms with van der Waals surface area (Å²) in [5.41, 5.74) is 1.49. The Morgan fingerprint density at radius 2 is 2.20 bits per heavy atom. The molecule has 134 valence electrons. The van der Waals surface area contributed by atoms with Crippen molar-refractivity contribution >= 4 is 28.8 Å². The number of nitrogens with one attached hydrogen (secondary N) is 1. The molecule has 0 radical (unpaired) electrons. The molecular weight excluding hydrogens is 326 g/mol. The van der Waals surface area contributed by atoms with Crippen LogP contribution in [0.15, 0.2) is 22.7 Å². The molecule has 2 aromatic rings. The van der Waals surface area contributed by atoms with Crippen LogP contribution < -0.4 is 10.2 Å². The van der Waals surface area contributed by atoms with Crippen LogP contribution in [0.5, 0.6) is 0 Å². The minimum Gasteiger partial charge on any atom is -0.444 e. The zero-order chi connectivity index (χ0) is 18.2. The fourth-order valence-electron chi connectivity index (χ4n) is 2.57. The van der Waals surface area contributed by atoms with Gasteiger partial charge < -0.3 is 19.3 Å². The fourth-order valence-corrected chi connectivity index (χ4v) is 2.57. The molecule has 3 rings (SSSR count). The first-order chi connectivity index (χ1) is 11.7. The van der Waals surface area contributed by atoms with Gasteiger partial charge in [-0.1, -0.05) is 5.16 Å². The zero-order valence-electron chi connectivity index (χ0n) is 14.7. The molecule has 1 N–H and O–H groups in total. The van der Waals surface area contributed by atoms with Crippen LogP contribution in [0.4, 0.5) is 15.3 Å². The molecule has 0 spiro atoms. The van der Waals surface area contributed by atoms with Crippen molar-refractivity contribution in [2.75, 3.05) is 18.0 Å². The van der Waals surface area contributed by atoms with Gasteiger partial charge in [0.1, 0.15) is 11.7 Å². The summed E-state index contributed by atoms with van der Waals surface area (Å²) in [6.45, 7) is 7.71. The van der Waals surface area contributed by atoms with Crippen LogP contribution in [0.1, 0.15) is 26.5 Å². The number of hydrogen-bond acceptors (Lipinski definition) is 6. The van der Waals surface area contributed by atoms with Crippen molar-refractivity contribution in [1.82, 2.24) is 10.5 Å². The van der Waals surface area contributed by atoms with E-state index in [1.54, 1.807) is 26.8 Å². The molecule has 2 amide bonds. The number of carbonyl (C=O) groups is 2. The lowest BCUT2D eigenvalue weighted by atomic mass is 10.2. The van der Waals surface area contributed by atoms with E-state index in [0.29, 0.717) is 17.8 Å². The largest absolute Gasteiger partial charge is 0.444 e. The molecule has 0 saturated carbocycles. The SMILES string of the molecule is Cc1noc2cc(N3CC(CNC(=O)OC(C)(C)C)OC3=O)ccc12. The highest BCUT2D eigenvalue weighted by molar-refractivity contribution is 5.93. The summed E-state index contributed by atoms with van der Waals surface area (Å²) in [4.78, 5) is 25.3. The van der Waals surface area contributed by atoms with Crippen molar-refractivity contribution < 1.29 is 23.6 Å². The van der Waals surface area contributed by atoms with Gasteiger partial charge in [-0.05, 0) is 39.8 Å². The van der Waals surface area contributed by atoms with E-state index < -0.39 is 23.9 Å². The van der Waals surface area contributed by atoms with E-state index in [9.17, 15) is 9.59 Å². The first-order valence-electron chi connectivity index (χ1n) is 8.04. The third-order valence-corrected chi connectivity index (χ3v) is 3.69. The van der Waals surface area contributed by atoms with Gasteiger partial charge in [0.25, 0.3) is 0 Å². The lowest BCUT2D eigenvalue weighted by Gasteiger charge is -2.20. The lowest BCUT2D eigenvalue weighted by molar-refractivity contribution is 0.0496. The Morgan fingerprint density at radius 1 is 1.44 bits per heavy atom. The fraction of sp³-hybridized carbons (Fsp3) is 0.471. The predicted octanol–water partition coefficient (Wildman–Crippen LogP) is 2.99. The number of aromatic nitrogens is 1. The van der Waals surface area contributed by atoms with Crippen molar-refractivity contribution in [3.63, 3.8) is 0 Å². The quantitative estimate of drug-likeness (QED) is 0.917. The number of nitrogens with zero attached hydrogens (tertiary/aromatic N) is 2. The van der Waals surface area contributed by atoms with Crippen LogP contribution >= 0.6 is 0 Å². The highest BCUT2D eigenvalue weighted by Crippen LogP contribution is 2.27. The molecule has 1 atom stereocenters. The van der Waals surface area contributed by atoms with Crippen molar-refractivity contribution in [2.45, 2.75) is 39.4 Å². The van der Waals surface area contributed by atoms with E-state index in [2.05, 4.69) is 10.5 Å². The van der Waals surface area contributed by atoms with Crippen LogP contribution in [-0.4, -0.2) is 42.1 Å². The van der Waals surface area contributed by atoms with E-state index in [-0.39, 0.29) is 6.54 Å². The van der Waals surface area contributed by atoms with Gasteiger partial charge in [0.15, 0.2) is 5.58 Å². The summed E-state index contributed by atoms with van der Waals surface area (Å²) in [6, 6.07) is 5.42. The van der Waals surface area contributed by atoms with E-state index in [1.807, 2.05) is 19.1 Å². The molecule has 0 bridgehead atoms. The van der Waals surface area contributed by atoms with Crippen molar-refractivity contribution in [2.24, 2.45) is 0 Å². The van der Waals surface area contributed by atoms with Crippen LogP contribution in [-0.2, 0) is 9.47 Å². The molecule has 1 aromatic heterocycles. The van der Waals surface area contributed by atoms with Gasteiger partial charge in [0.2, 0.25) is 0 Å². The summed E-state index contributed by atoms with van der Waals surface area (Å²) in [5, 5.41) is 7.42. The molecule has 8 nitrogen and oxygen atoms in total. The molecule has 1 aromatic carbocycles. The molecule has 0 aliphatic carbocycles. The second-order valence-electron chi connectivity index (χ2n) is 6.95. The van der Waals surface area contributed by atoms with E-state index in [4.69, 9.17) is 14.0 Å². The number of ether oxygens (including phenoxy) is 2. The monoisotopic (exact) mass is 347 g/mol. The maximum Gasteiger partial charge on any atom is 0.414 e. The molecule has 8 heteroatoms. The standard InChI is InChI=1S/C17H21N3O5/c1-10-13-6-5-11(7-14(13)25-19-10)20-9-12(23-16(20)22)8-18-15(21)24-17(2,3)4/h5-7,12H,8-9H2,1-4H3,(H,18,21). The molecule has 1 aliphatic rings. The molecule has 1 aliphatic heterocycles. The number of anilines is 1. The van der Waals surface area contributed by atoms with Gasteiger partial charge in [-0.2, -0.15) is 0 Å². The summed E-state index contributed by atoms with van der Waals surface area (Å²) in [6.07, 6.45) is -1.46. The Morgan fingerprint density at radius 3 is 2.92 bits per heavy atom. The van der Waals surface area contributed by atoms with Crippen molar-refractivity contribution in [1.29, 1.82) is 0 Å². The van der Waals surface area contributed by atoms with Gasteiger partial charge in [-0.25, -0.2) is 9.59 Å². The molecule has 1 unspecified atom stereocenters. The molecule has 1 saturated heterocycles. The van der Waals surface area contributed by atoms with Gasteiger partial charge in [0, 0.05) is 11.5 Å². The van der Waals surface area contributed by atoms with Gasteiger partial charge >= 0.3 is 12.2 Å². The smallest absolute Gasteiger partial charge is 0.414 e. The first-order valence-corrected chi connectivity index (χ1v) is 8.04. The summed E-state index contributed by atoms with van der Waals surface area (Å²) < 4.78 is 15.7. The predicted molar refractivity (Wildman–Crippen MR) is 90.6 cm³/mol. The number of cyclic esters (lactones) is 1. The normalized spacial score (nSPS) is 17.7. The molecule has 25 heavy (non-hydrogen) atoms. The topological polar surface area (TPSA) is 93.9 Å². The minimum atomic E-state index is -0.576. The van der Waals surface area contributed by atoms with E-state index in [1.165, 1.54) is 4.90 Å². The average molecular weight is 347 g/mol. The lowest BCUT2D eigenvalue weighted by Crippen LogP contribution is -2.38. The second-order valence-corrected chi connectivity index (χ2v) is 6.95. The maximum absolute atomic E-state index is 12.1. The first kappa shape index (κ1) is 17.1. The third kappa shape index (κ3) is 3.84. The Balaban J connectivity index is 1.62. The van der Waals surface area contributed by atoms with Gasteiger partial charge in [-0.15, -0.1) is 0 Å². The number of amides is 2. The summed E-state index contributed by atoms with van der Waals surface area (Å²) in [5.74, 6) is 0. The number of hydrogen-bond donors (Lipinski definition) is 1. The maximum atomic E-state index is 12.1. The third-order valence-electron chi connectivity index (χ3n) is 3.69. The van der Waals surface area contributed by atoms with Crippen LogP contribution in [0.2, 0.25) is 0 Å². The zero-order valence-corrected chi connectivity index (χ0v) is 14.7. The molecule has 2 heterocycles. The Kier molecular flexibility index (Phi) is 4.28. The van der Waals surface area contributed by atoms with Crippen molar-refractivity contribution in [3.8, 4) is 0 Å². The summed E-state index contributed by atoms with van der Waals surface area (Å²) in [7, 11) is 0. The Hall–Kier alpha value is -2.77. The number of rotatable bonds is 3. The van der Waals surface area contributed by atoms with E-state index in [0.717, 1.165) is 11.1 Å². The van der Waals surface area contributed by atoms with Crippen molar-refractivity contribution in [3.05, 3.63) is 23.9 Å². The highest BCUT2D eigenvalue weighted by atomic mass is 16.6. The van der Waals surface area contributed by atoms with Crippen LogP contribution in [0, 0.1) is 6.92 Å². The van der Waals surface area contributed by atoms with Crippen LogP contribution in [0.3, 0.4) is 0 Å². The van der Waals surface area contributed by atoms with Gasteiger partial charge in [-0.3, -0.25) is 4.90 Å². The average Bonchev–Trinajstić information content (AvgIpc) is 3.07. The highest BCUT2D eigenvalue weighted by Gasteiger charge is 2.33. The molecule has 1 fully saturated rings. The number of alkyl carbamates (subject to hydrolysis) is 1. The van der Waals surface area contributed by atoms with Gasteiger partial charge in [0.05, 0.1) is 24.5 Å². The summed E-state index contributed by atoms with van der Waals surface area (Å²) >= 11 is 0. The molecular formula is C17H21N3O5.